The second-order valence-electron chi connectivity index (χ2n) is 3.14. The fraction of sp³-hybridized carbons (Fsp3) is 0.857. The average Bonchev–Trinajstić information content (AvgIpc) is 1.86. The third-order valence-electron chi connectivity index (χ3n) is 1.82. The van der Waals surface area contributed by atoms with Crippen LogP contribution in [0.4, 0.5) is 0 Å². The molecule has 0 bridgehead atoms. The van der Waals surface area contributed by atoms with E-state index < -0.39 is 20.4 Å². The molecule has 1 nitrogen and oxygen atoms in total. The number of hydrogen-bond donors (Lipinski definition) is 0. The number of halogens is 4. The van der Waals surface area contributed by atoms with Gasteiger partial charge in [-0.15, -0.1) is 11.6 Å². The molecule has 0 heterocycles. The molecule has 0 saturated carbocycles. The van der Waals surface area contributed by atoms with Crippen LogP contribution in [0.15, 0.2) is 0 Å². The minimum Gasteiger partial charge on any atom is -0.281 e. The highest BCUT2D eigenvalue weighted by atomic mass is 35.5. The van der Waals surface area contributed by atoms with Crippen LogP contribution in [0.5, 0.6) is 0 Å². The van der Waals surface area contributed by atoms with Crippen LogP contribution in [-0.2, 0) is 4.79 Å². The molecule has 0 aliphatic heterocycles. The van der Waals surface area contributed by atoms with Crippen LogP contribution in [0.1, 0.15) is 20.8 Å². The Kier molecular flexibility index (Phi) is 4.18. The first-order chi connectivity index (χ1) is 5.14. The summed E-state index contributed by atoms with van der Waals surface area (Å²) < 4.78 is -1.35. The molecule has 5 heteroatoms. The minimum absolute atomic E-state index is 0.557. The van der Waals surface area contributed by atoms with Crippen molar-refractivity contribution in [1.29, 1.82) is 0 Å². The molecule has 12 heavy (non-hydrogen) atoms. The van der Waals surface area contributed by atoms with E-state index in [-0.39, 0.29) is 0 Å². The molecule has 0 fully saturated rings. The molecule has 1 unspecified atom stereocenters. The maximum atomic E-state index is 11.0. The van der Waals surface area contributed by atoms with Crippen LogP contribution in [0.25, 0.3) is 0 Å². The van der Waals surface area contributed by atoms with E-state index in [1.54, 1.807) is 20.8 Å². The van der Waals surface area contributed by atoms with Crippen molar-refractivity contribution in [3.05, 3.63) is 0 Å². The Morgan fingerprint density at radius 1 is 1.33 bits per heavy atom. The second kappa shape index (κ2) is 3.91. The molecule has 0 aliphatic rings. The first kappa shape index (κ1) is 12.8. The highest BCUT2D eigenvalue weighted by molar-refractivity contribution is 6.67. The molecular formula is C7H10Cl4O. The van der Waals surface area contributed by atoms with Crippen LogP contribution in [0.2, 0.25) is 0 Å². The lowest BCUT2D eigenvalue weighted by Crippen LogP contribution is -2.44. The van der Waals surface area contributed by atoms with Gasteiger partial charge >= 0.3 is 0 Å². The zero-order valence-corrected chi connectivity index (χ0v) is 10.0. The molecule has 0 amide bonds. The van der Waals surface area contributed by atoms with E-state index in [2.05, 4.69) is 0 Å². The summed E-state index contributed by atoms with van der Waals surface area (Å²) >= 11 is 22.8. The van der Waals surface area contributed by atoms with Crippen LogP contribution >= 0.6 is 46.4 Å². The third kappa shape index (κ3) is 2.20. The van der Waals surface area contributed by atoms with Crippen LogP contribution < -0.4 is 0 Å². The molecule has 0 aromatic carbocycles. The summed E-state index contributed by atoms with van der Waals surface area (Å²) in [7, 11) is 0. The molecule has 0 radical (unpaired) electrons. The standard InChI is InChI=1S/C7H10Cl4O/c1-4(8)7(10,11)6(2,3)5(9)12/h4H,1-3H3. The molecule has 0 saturated heterocycles. The van der Waals surface area contributed by atoms with Gasteiger partial charge < -0.3 is 0 Å². The highest BCUT2D eigenvalue weighted by Crippen LogP contribution is 2.46. The Bertz CT molecular complexity index is 186. The van der Waals surface area contributed by atoms with Crippen LogP contribution in [0.3, 0.4) is 0 Å². The molecular weight excluding hydrogens is 242 g/mol. The van der Waals surface area contributed by atoms with E-state index in [9.17, 15) is 4.79 Å². The van der Waals surface area contributed by atoms with Gasteiger partial charge in [-0.05, 0) is 32.4 Å². The van der Waals surface area contributed by atoms with Crippen molar-refractivity contribution in [2.75, 3.05) is 0 Å². The average molecular weight is 252 g/mol. The van der Waals surface area contributed by atoms with Crippen molar-refractivity contribution in [3.63, 3.8) is 0 Å². The Morgan fingerprint density at radius 2 is 1.67 bits per heavy atom. The van der Waals surface area contributed by atoms with E-state index in [0.717, 1.165) is 0 Å². The minimum atomic E-state index is -1.35. The molecule has 0 aromatic rings. The van der Waals surface area contributed by atoms with Gasteiger partial charge in [0.05, 0.1) is 10.8 Å². The summed E-state index contributed by atoms with van der Waals surface area (Å²) in [4.78, 5) is 11.0. The van der Waals surface area contributed by atoms with E-state index >= 15 is 0 Å². The SMILES string of the molecule is CC(Cl)C(Cl)(Cl)C(C)(C)C(=O)Cl. The summed E-state index contributed by atoms with van der Waals surface area (Å²) in [5.41, 5.74) is -1.06. The van der Waals surface area contributed by atoms with Crippen molar-refractivity contribution in [3.8, 4) is 0 Å². The van der Waals surface area contributed by atoms with E-state index in [1.165, 1.54) is 0 Å². The van der Waals surface area contributed by atoms with Gasteiger partial charge in [0.2, 0.25) is 5.24 Å². The van der Waals surface area contributed by atoms with Gasteiger partial charge in [0.1, 0.15) is 4.33 Å². The maximum absolute atomic E-state index is 11.0. The molecule has 0 spiro atoms. The van der Waals surface area contributed by atoms with Crippen molar-refractivity contribution < 1.29 is 4.79 Å². The Labute approximate surface area is 92.3 Å². The molecule has 0 aromatic heterocycles. The summed E-state index contributed by atoms with van der Waals surface area (Å²) in [5, 5.41) is -1.15. The molecule has 1 atom stereocenters. The van der Waals surface area contributed by atoms with Gasteiger partial charge in [0, 0.05) is 0 Å². The normalized spacial score (nSPS) is 15.9. The number of hydrogen-bond acceptors (Lipinski definition) is 1. The quantitative estimate of drug-likeness (QED) is 0.554. The van der Waals surface area contributed by atoms with E-state index in [1.807, 2.05) is 0 Å². The van der Waals surface area contributed by atoms with Gasteiger partial charge in [-0.25, -0.2) is 0 Å². The lowest BCUT2D eigenvalue weighted by atomic mass is 9.88. The van der Waals surface area contributed by atoms with Gasteiger partial charge in [0.15, 0.2) is 0 Å². The molecule has 72 valence electrons. The maximum Gasteiger partial charge on any atom is 0.230 e. The predicted molar refractivity (Wildman–Crippen MR) is 54.4 cm³/mol. The lowest BCUT2D eigenvalue weighted by Gasteiger charge is -2.35. The topological polar surface area (TPSA) is 17.1 Å². The fourth-order valence-electron chi connectivity index (χ4n) is 0.628. The van der Waals surface area contributed by atoms with E-state index in [0.29, 0.717) is 0 Å². The van der Waals surface area contributed by atoms with Crippen molar-refractivity contribution >= 4 is 51.6 Å². The lowest BCUT2D eigenvalue weighted by molar-refractivity contribution is -0.119. The summed E-state index contributed by atoms with van der Waals surface area (Å²) in [5.74, 6) is 0. The fourth-order valence-corrected chi connectivity index (χ4v) is 1.32. The van der Waals surface area contributed by atoms with Crippen molar-refractivity contribution in [1.82, 2.24) is 0 Å². The third-order valence-corrected chi connectivity index (χ3v) is 4.45. The number of rotatable bonds is 3. The Balaban J connectivity index is 4.88. The van der Waals surface area contributed by atoms with Gasteiger partial charge in [-0.1, -0.05) is 23.2 Å². The van der Waals surface area contributed by atoms with Crippen LogP contribution in [0, 0.1) is 5.41 Å². The Morgan fingerprint density at radius 3 is 1.75 bits per heavy atom. The van der Waals surface area contributed by atoms with Crippen molar-refractivity contribution in [2.45, 2.75) is 30.5 Å². The molecule has 0 rings (SSSR count). The largest absolute Gasteiger partial charge is 0.281 e. The summed E-state index contributed by atoms with van der Waals surface area (Å²) in [6.45, 7) is 4.73. The Hall–Kier alpha value is 0.830. The monoisotopic (exact) mass is 250 g/mol. The van der Waals surface area contributed by atoms with Crippen molar-refractivity contribution in [2.24, 2.45) is 5.41 Å². The summed E-state index contributed by atoms with van der Waals surface area (Å²) in [6.07, 6.45) is 0. The first-order valence-corrected chi connectivity index (χ1v) is 4.93. The van der Waals surface area contributed by atoms with Gasteiger partial charge in [-0.2, -0.15) is 0 Å². The second-order valence-corrected chi connectivity index (χ2v) is 5.52. The predicted octanol–water partition coefficient (Wildman–Crippen LogP) is 3.58. The van der Waals surface area contributed by atoms with Gasteiger partial charge in [-0.3, -0.25) is 4.79 Å². The number of carbonyl (C=O) groups excluding carboxylic acids is 1. The van der Waals surface area contributed by atoms with Gasteiger partial charge in [0.25, 0.3) is 0 Å². The zero-order valence-electron chi connectivity index (χ0n) is 7.00. The first-order valence-electron chi connectivity index (χ1n) is 3.36. The van der Waals surface area contributed by atoms with Crippen LogP contribution in [-0.4, -0.2) is 15.0 Å². The number of alkyl halides is 3. The van der Waals surface area contributed by atoms with E-state index in [4.69, 9.17) is 46.4 Å². The highest BCUT2D eigenvalue weighted by Gasteiger charge is 2.50. The molecule has 0 aliphatic carbocycles. The molecule has 0 N–H and O–H groups in total. The number of carbonyl (C=O) groups is 1. The smallest absolute Gasteiger partial charge is 0.230 e. The zero-order chi connectivity index (χ0) is 10.2. The summed E-state index contributed by atoms with van der Waals surface area (Å²) in [6, 6.07) is 0.